The molecule has 3 rings (SSSR count). The first-order valence-corrected chi connectivity index (χ1v) is 7.16. The lowest BCUT2D eigenvalue weighted by atomic mass is 10.1. The molecule has 0 aliphatic carbocycles. The largest absolute Gasteiger partial charge is 0.337 e. The fourth-order valence-electron chi connectivity index (χ4n) is 1.96. The number of thiophene rings is 2. The Labute approximate surface area is 108 Å². The third kappa shape index (κ3) is 1.94. The van der Waals surface area contributed by atoms with Crippen LogP contribution in [0.2, 0.25) is 0 Å². The number of imidazole rings is 1. The topological polar surface area (TPSA) is 17.8 Å². The number of aryl methyl sites for hydroxylation is 1. The molecule has 0 bridgehead atoms. The molecule has 17 heavy (non-hydrogen) atoms. The second-order valence-electron chi connectivity index (χ2n) is 3.86. The van der Waals surface area contributed by atoms with E-state index in [-0.39, 0.29) is 5.92 Å². The van der Waals surface area contributed by atoms with Crippen molar-refractivity contribution in [1.29, 1.82) is 0 Å². The molecule has 0 aromatic carbocycles. The van der Waals surface area contributed by atoms with Gasteiger partial charge in [0.05, 0.1) is 5.92 Å². The molecule has 0 N–H and O–H groups in total. The number of hydrogen-bond donors (Lipinski definition) is 0. The van der Waals surface area contributed by atoms with Crippen molar-refractivity contribution < 1.29 is 0 Å². The normalized spacial score (nSPS) is 11.2. The first-order valence-electron chi connectivity index (χ1n) is 5.40. The molecule has 0 fully saturated rings. The van der Waals surface area contributed by atoms with Crippen LogP contribution in [-0.4, -0.2) is 9.55 Å². The highest BCUT2D eigenvalue weighted by Gasteiger charge is 2.22. The molecular weight excluding hydrogens is 248 g/mol. The van der Waals surface area contributed by atoms with Gasteiger partial charge in [0, 0.05) is 29.2 Å². The molecule has 0 aliphatic rings. The highest BCUT2D eigenvalue weighted by Crippen LogP contribution is 2.35. The Hall–Kier alpha value is -1.39. The molecule has 0 saturated carbocycles. The molecule has 86 valence electrons. The lowest BCUT2D eigenvalue weighted by Gasteiger charge is -2.13. The van der Waals surface area contributed by atoms with Gasteiger partial charge in [0.25, 0.3) is 0 Å². The number of rotatable bonds is 3. The van der Waals surface area contributed by atoms with Crippen molar-refractivity contribution >= 4 is 22.7 Å². The summed E-state index contributed by atoms with van der Waals surface area (Å²) in [4.78, 5) is 7.20. The summed E-state index contributed by atoms with van der Waals surface area (Å²) in [5.74, 6) is 1.38. The summed E-state index contributed by atoms with van der Waals surface area (Å²) in [5.41, 5.74) is 0. The molecule has 0 amide bonds. The molecule has 0 saturated heterocycles. The maximum atomic E-state index is 4.50. The highest BCUT2D eigenvalue weighted by molar-refractivity contribution is 7.11. The van der Waals surface area contributed by atoms with E-state index in [1.54, 1.807) is 22.7 Å². The van der Waals surface area contributed by atoms with Crippen LogP contribution in [0.25, 0.3) is 0 Å². The number of nitrogens with zero attached hydrogens (tertiary/aromatic N) is 2. The third-order valence-electron chi connectivity index (χ3n) is 2.77. The minimum atomic E-state index is 0.273. The number of hydrogen-bond acceptors (Lipinski definition) is 3. The van der Waals surface area contributed by atoms with Gasteiger partial charge in [-0.25, -0.2) is 4.98 Å². The van der Waals surface area contributed by atoms with Crippen LogP contribution < -0.4 is 0 Å². The van der Waals surface area contributed by atoms with Crippen LogP contribution >= 0.6 is 22.7 Å². The van der Waals surface area contributed by atoms with Crippen molar-refractivity contribution in [3.63, 3.8) is 0 Å². The van der Waals surface area contributed by atoms with Crippen molar-refractivity contribution in [2.24, 2.45) is 7.05 Å². The van der Waals surface area contributed by atoms with E-state index in [4.69, 9.17) is 0 Å². The van der Waals surface area contributed by atoms with Gasteiger partial charge in [0.2, 0.25) is 0 Å². The monoisotopic (exact) mass is 260 g/mol. The molecular formula is C13H12N2S2. The predicted octanol–water partition coefficient (Wildman–Crippen LogP) is 3.72. The van der Waals surface area contributed by atoms with E-state index in [0.29, 0.717) is 0 Å². The van der Waals surface area contributed by atoms with Crippen molar-refractivity contribution in [3.8, 4) is 0 Å². The summed E-state index contributed by atoms with van der Waals surface area (Å²) in [7, 11) is 2.05. The smallest absolute Gasteiger partial charge is 0.122 e. The molecule has 2 nitrogen and oxygen atoms in total. The summed E-state index contributed by atoms with van der Waals surface area (Å²) >= 11 is 3.58. The van der Waals surface area contributed by atoms with E-state index in [0.717, 1.165) is 5.82 Å². The van der Waals surface area contributed by atoms with Gasteiger partial charge in [-0.1, -0.05) is 12.1 Å². The van der Waals surface area contributed by atoms with Gasteiger partial charge in [0.15, 0.2) is 0 Å². The quantitative estimate of drug-likeness (QED) is 0.701. The Bertz CT molecular complexity index is 545. The summed E-state index contributed by atoms with van der Waals surface area (Å²) in [6, 6.07) is 8.57. The van der Waals surface area contributed by atoms with Crippen LogP contribution in [0.3, 0.4) is 0 Å². The van der Waals surface area contributed by atoms with Crippen molar-refractivity contribution in [2.75, 3.05) is 0 Å². The van der Waals surface area contributed by atoms with Gasteiger partial charge in [-0.15, -0.1) is 22.7 Å². The first-order chi connectivity index (χ1) is 8.36. The van der Waals surface area contributed by atoms with Crippen molar-refractivity contribution in [3.05, 3.63) is 63.0 Å². The SMILES string of the molecule is Cn1ccnc1C(c1cccs1)c1cccs1. The van der Waals surface area contributed by atoms with Gasteiger partial charge in [0.1, 0.15) is 5.82 Å². The predicted molar refractivity (Wildman–Crippen MR) is 72.8 cm³/mol. The van der Waals surface area contributed by atoms with Gasteiger partial charge in [-0.05, 0) is 22.9 Å². The Kier molecular flexibility index (Phi) is 2.82. The average molecular weight is 260 g/mol. The van der Waals surface area contributed by atoms with E-state index in [9.17, 15) is 0 Å². The summed E-state index contributed by atoms with van der Waals surface area (Å²) in [6.07, 6.45) is 3.87. The van der Waals surface area contributed by atoms with E-state index >= 15 is 0 Å². The summed E-state index contributed by atoms with van der Waals surface area (Å²) in [5, 5.41) is 4.25. The van der Waals surface area contributed by atoms with Crippen LogP contribution in [0.5, 0.6) is 0 Å². The van der Waals surface area contributed by atoms with Gasteiger partial charge < -0.3 is 4.57 Å². The van der Waals surface area contributed by atoms with E-state index in [1.165, 1.54) is 9.75 Å². The van der Waals surface area contributed by atoms with E-state index in [1.807, 2.05) is 12.4 Å². The zero-order chi connectivity index (χ0) is 11.7. The zero-order valence-corrected chi connectivity index (χ0v) is 11.0. The molecule has 3 aromatic heterocycles. The summed E-state index contributed by atoms with van der Waals surface area (Å²) < 4.78 is 2.10. The van der Waals surface area contributed by atoms with Crippen molar-refractivity contribution in [2.45, 2.75) is 5.92 Å². The lowest BCUT2D eigenvalue weighted by Crippen LogP contribution is -2.06. The minimum absolute atomic E-state index is 0.273. The van der Waals surface area contributed by atoms with Crippen molar-refractivity contribution in [1.82, 2.24) is 9.55 Å². The zero-order valence-electron chi connectivity index (χ0n) is 9.41. The average Bonchev–Trinajstić information content (AvgIpc) is 3.04. The van der Waals surface area contributed by atoms with Crippen LogP contribution in [0, 0.1) is 0 Å². The molecule has 0 spiro atoms. The highest BCUT2D eigenvalue weighted by atomic mass is 32.1. The Balaban J connectivity index is 2.13. The second kappa shape index (κ2) is 4.47. The van der Waals surface area contributed by atoms with Crippen LogP contribution in [0.1, 0.15) is 21.5 Å². The van der Waals surface area contributed by atoms with Crippen LogP contribution in [-0.2, 0) is 7.05 Å². The van der Waals surface area contributed by atoms with Gasteiger partial charge in [-0.3, -0.25) is 0 Å². The fraction of sp³-hybridized carbons (Fsp3) is 0.154. The standard InChI is InChI=1S/C13H12N2S2/c1-15-7-6-14-13(15)12(10-4-2-8-16-10)11-5-3-9-17-11/h2-9,12H,1H3. The Morgan fingerprint density at radius 2 is 1.76 bits per heavy atom. The van der Waals surface area contributed by atoms with Gasteiger partial charge in [-0.2, -0.15) is 0 Å². The number of aromatic nitrogens is 2. The lowest BCUT2D eigenvalue weighted by molar-refractivity contribution is 0.778. The molecule has 0 aliphatic heterocycles. The van der Waals surface area contributed by atoms with Gasteiger partial charge >= 0.3 is 0 Å². The molecule has 0 radical (unpaired) electrons. The minimum Gasteiger partial charge on any atom is -0.337 e. The maximum absolute atomic E-state index is 4.50. The fourth-order valence-corrected chi connectivity index (χ4v) is 3.72. The third-order valence-corrected chi connectivity index (χ3v) is 4.65. The Morgan fingerprint density at radius 1 is 1.12 bits per heavy atom. The van der Waals surface area contributed by atoms with E-state index < -0.39 is 0 Å². The molecule has 0 unspecified atom stereocenters. The molecule has 4 heteroatoms. The molecule has 3 heterocycles. The first kappa shape index (κ1) is 10.7. The summed E-state index contributed by atoms with van der Waals surface area (Å²) in [6.45, 7) is 0. The molecule has 3 aromatic rings. The van der Waals surface area contributed by atoms with Crippen LogP contribution in [0.4, 0.5) is 0 Å². The van der Waals surface area contributed by atoms with E-state index in [2.05, 4.69) is 51.6 Å². The molecule has 0 atom stereocenters. The maximum Gasteiger partial charge on any atom is 0.122 e. The second-order valence-corrected chi connectivity index (χ2v) is 5.82. The van der Waals surface area contributed by atoms with Crippen LogP contribution in [0.15, 0.2) is 47.4 Å². The Morgan fingerprint density at radius 3 is 2.18 bits per heavy atom.